The normalized spacial score (nSPS) is 9.40. The fourth-order valence-corrected chi connectivity index (χ4v) is 1.69. The molecule has 3 nitrogen and oxygen atoms in total. The molecule has 0 saturated carbocycles. The summed E-state index contributed by atoms with van der Waals surface area (Å²) in [7, 11) is 0. The number of phenolic OH excluding ortho intramolecular Hbond substituents is 1. The predicted octanol–water partition coefficient (Wildman–Crippen LogP) is 4.02. The molecule has 1 aromatic heterocycles. The van der Waals surface area contributed by atoms with Crippen molar-refractivity contribution in [1.82, 2.24) is 4.98 Å². The minimum atomic E-state index is 0.334. The Morgan fingerprint density at radius 2 is 1.45 bits per heavy atom. The van der Waals surface area contributed by atoms with E-state index in [-0.39, 0.29) is 0 Å². The maximum absolute atomic E-state index is 9.55. The van der Waals surface area contributed by atoms with Crippen LogP contribution in [0.5, 0.6) is 5.75 Å². The van der Waals surface area contributed by atoms with Crippen molar-refractivity contribution in [1.29, 1.82) is 0 Å². The van der Waals surface area contributed by atoms with Gasteiger partial charge in [-0.05, 0) is 30.3 Å². The van der Waals surface area contributed by atoms with Crippen LogP contribution < -0.4 is 5.32 Å². The molecule has 0 aliphatic heterocycles. The van der Waals surface area contributed by atoms with Gasteiger partial charge >= 0.3 is 0 Å². The van der Waals surface area contributed by atoms with Gasteiger partial charge in [0, 0.05) is 30.2 Å². The predicted molar refractivity (Wildman–Crippen MR) is 82.7 cm³/mol. The Morgan fingerprint density at radius 3 is 2.05 bits per heavy atom. The number of phenols is 1. The van der Waals surface area contributed by atoms with Gasteiger partial charge in [0.05, 0.1) is 0 Å². The van der Waals surface area contributed by atoms with E-state index in [1.165, 1.54) is 0 Å². The molecule has 0 radical (unpaired) electrons. The first-order valence-electron chi connectivity index (χ1n) is 6.50. The highest BCUT2D eigenvalue weighted by molar-refractivity contribution is 5.44. The van der Waals surface area contributed by atoms with Gasteiger partial charge < -0.3 is 15.4 Å². The Labute approximate surface area is 118 Å². The third-order valence-electron chi connectivity index (χ3n) is 2.74. The van der Waals surface area contributed by atoms with Gasteiger partial charge in [0.25, 0.3) is 0 Å². The molecule has 0 fully saturated rings. The summed E-state index contributed by atoms with van der Waals surface area (Å²) in [6.45, 7) is 0.636. The van der Waals surface area contributed by atoms with E-state index >= 15 is 0 Å². The Kier molecular flexibility index (Phi) is 5.28. The molecule has 0 aliphatic carbocycles. The smallest absolute Gasteiger partial charge is 0.120 e. The monoisotopic (exact) mass is 266 g/mol. The van der Waals surface area contributed by atoms with Crippen LogP contribution in [0.3, 0.4) is 0 Å². The van der Waals surface area contributed by atoms with Crippen LogP contribution in [0.25, 0.3) is 0 Å². The van der Waals surface area contributed by atoms with Crippen LogP contribution in [0.15, 0.2) is 79.1 Å². The molecule has 0 amide bonds. The summed E-state index contributed by atoms with van der Waals surface area (Å²) < 4.78 is 0. The van der Waals surface area contributed by atoms with Crippen LogP contribution in [0.4, 0.5) is 5.69 Å². The first kappa shape index (κ1) is 13.7. The van der Waals surface area contributed by atoms with Crippen LogP contribution in [-0.2, 0) is 6.54 Å². The molecular formula is C17H18N2O. The molecule has 3 heteroatoms. The number of para-hydroxylation sites is 2. The Hall–Kier alpha value is -2.68. The van der Waals surface area contributed by atoms with Crippen molar-refractivity contribution >= 4 is 5.69 Å². The Morgan fingerprint density at radius 1 is 0.800 bits per heavy atom. The second kappa shape index (κ2) is 7.69. The van der Waals surface area contributed by atoms with Gasteiger partial charge in [0.1, 0.15) is 5.75 Å². The SMILES string of the molecule is Oc1ccccc1CNc1ccccc1.c1cc[nH]c1. The van der Waals surface area contributed by atoms with Crippen LogP contribution in [0.2, 0.25) is 0 Å². The van der Waals surface area contributed by atoms with Gasteiger partial charge in [-0.3, -0.25) is 0 Å². The number of aromatic nitrogens is 1. The first-order chi connectivity index (χ1) is 9.86. The molecule has 0 saturated heterocycles. The molecule has 0 spiro atoms. The van der Waals surface area contributed by atoms with E-state index < -0.39 is 0 Å². The van der Waals surface area contributed by atoms with E-state index in [1.54, 1.807) is 6.07 Å². The van der Waals surface area contributed by atoms with E-state index in [9.17, 15) is 5.11 Å². The van der Waals surface area contributed by atoms with E-state index in [1.807, 2.05) is 73.1 Å². The first-order valence-corrected chi connectivity index (χ1v) is 6.50. The molecule has 2 aromatic carbocycles. The highest BCUT2D eigenvalue weighted by atomic mass is 16.3. The average molecular weight is 266 g/mol. The number of hydrogen-bond acceptors (Lipinski definition) is 2. The lowest BCUT2D eigenvalue weighted by Gasteiger charge is -2.07. The number of aromatic amines is 1. The number of H-pyrrole nitrogens is 1. The van der Waals surface area contributed by atoms with E-state index in [4.69, 9.17) is 0 Å². The van der Waals surface area contributed by atoms with E-state index in [0.717, 1.165) is 11.3 Å². The van der Waals surface area contributed by atoms with Gasteiger partial charge in [-0.15, -0.1) is 0 Å². The molecule has 3 aromatic rings. The molecular weight excluding hydrogens is 248 g/mol. The molecule has 20 heavy (non-hydrogen) atoms. The van der Waals surface area contributed by atoms with Crippen molar-refractivity contribution in [2.75, 3.05) is 5.32 Å². The lowest BCUT2D eigenvalue weighted by atomic mass is 10.2. The van der Waals surface area contributed by atoms with Gasteiger partial charge in [-0.2, -0.15) is 0 Å². The molecule has 0 aliphatic rings. The van der Waals surface area contributed by atoms with Gasteiger partial charge in [-0.25, -0.2) is 0 Å². The van der Waals surface area contributed by atoms with Crippen LogP contribution in [0, 0.1) is 0 Å². The van der Waals surface area contributed by atoms with Crippen LogP contribution in [0.1, 0.15) is 5.56 Å². The number of benzene rings is 2. The third kappa shape index (κ3) is 4.53. The molecule has 0 atom stereocenters. The molecule has 0 bridgehead atoms. The topological polar surface area (TPSA) is 48.0 Å². The zero-order valence-corrected chi connectivity index (χ0v) is 11.2. The molecule has 1 heterocycles. The number of aromatic hydroxyl groups is 1. The summed E-state index contributed by atoms with van der Waals surface area (Å²) in [5.41, 5.74) is 1.96. The molecule has 3 N–H and O–H groups in total. The summed E-state index contributed by atoms with van der Waals surface area (Å²) >= 11 is 0. The Bertz CT molecular complexity index is 574. The minimum Gasteiger partial charge on any atom is -0.508 e. The van der Waals surface area contributed by atoms with E-state index in [0.29, 0.717) is 12.3 Å². The fraction of sp³-hybridized carbons (Fsp3) is 0.0588. The van der Waals surface area contributed by atoms with Crippen molar-refractivity contribution in [3.05, 3.63) is 84.7 Å². The second-order valence-electron chi connectivity index (χ2n) is 4.23. The van der Waals surface area contributed by atoms with Crippen molar-refractivity contribution in [3.63, 3.8) is 0 Å². The lowest BCUT2D eigenvalue weighted by molar-refractivity contribution is 0.469. The number of rotatable bonds is 3. The van der Waals surface area contributed by atoms with Crippen molar-refractivity contribution in [2.45, 2.75) is 6.54 Å². The van der Waals surface area contributed by atoms with Crippen molar-refractivity contribution < 1.29 is 5.11 Å². The zero-order valence-electron chi connectivity index (χ0n) is 11.2. The maximum Gasteiger partial charge on any atom is 0.120 e. The summed E-state index contributed by atoms with van der Waals surface area (Å²) in [5, 5.41) is 12.8. The fourth-order valence-electron chi connectivity index (χ4n) is 1.69. The van der Waals surface area contributed by atoms with Crippen LogP contribution in [-0.4, -0.2) is 10.1 Å². The summed E-state index contributed by atoms with van der Waals surface area (Å²) in [6.07, 6.45) is 3.75. The standard InChI is InChI=1S/C13H13NO.C4H5N/c15-13-9-5-4-6-11(13)10-14-12-7-2-1-3-8-12;1-2-4-5-3-1/h1-9,14-15H,10H2;1-5H. The second-order valence-corrected chi connectivity index (χ2v) is 4.23. The molecule has 3 rings (SSSR count). The summed E-state index contributed by atoms with van der Waals surface area (Å²) in [4.78, 5) is 2.86. The third-order valence-corrected chi connectivity index (χ3v) is 2.74. The average Bonchev–Trinajstić information content (AvgIpc) is 3.07. The highest BCUT2D eigenvalue weighted by Gasteiger charge is 1.98. The molecule has 0 unspecified atom stereocenters. The zero-order chi connectivity index (χ0) is 14.0. The van der Waals surface area contributed by atoms with Gasteiger partial charge in [-0.1, -0.05) is 36.4 Å². The summed E-state index contributed by atoms with van der Waals surface area (Å²) in [6, 6.07) is 21.2. The lowest BCUT2D eigenvalue weighted by Crippen LogP contribution is -1.98. The Balaban J connectivity index is 0.000000247. The van der Waals surface area contributed by atoms with Crippen molar-refractivity contribution in [3.8, 4) is 5.75 Å². The van der Waals surface area contributed by atoms with Gasteiger partial charge in [0.2, 0.25) is 0 Å². The maximum atomic E-state index is 9.55. The number of anilines is 1. The summed E-state index contributed by atoms with van der Waals surface area (Å²) in [5.74, 6) is 0.334. The highest BCUT2D eigenvalue weighted by Crippen LogP contribution is 2.17. The largest absolute Gasteiger partial charge is 0.508 e. The number of nitrogens with one attached hydrogen (secondary N) is 2. The molecule has 102 valence electrons. The quantitative estimate of drug-likeness (QED) is 0.670. The van der Waals surface area contributed by atoms with Crippen LogP contribution >= 0.6 is 0 Å². The van der Waals surface area contributed by atoms with Gasteiger partial charge in [0.15, 0.2) is 0 Å². The van der Waals surface area contributed by atoms with Crippen molar-refractivity contribution in [2.24, 2.45) is 0 Å². The number of hydrogen-bond donors (Lipinski definition) is 3. The minimum absolute atomic E-state index is 0.334. The van der Waals surface area contributed by atoms with E-state index in [2.05, 4.69) is 10.3 Å².